The van der Waals surface area contributed by atoms with Crippen LogP contribution in [0.25, 0.3) is 10.9 Å². The molecule has 1 heterocycles. The SMILES string of the molecule is Cc1cc(C(=O)NC(C)CCO)c2ccc(F)cc2n1. The van der Waals surface area contributed by atoms with E-state index in [4.69, 9.17) is 5.11 Å². The van der Waals surface area contributed by atoms with Gasteiger partial charge in [-0.15, -0.1) is 0 Å². The Morgan fingerprint density at radius 1 is 1.45 bits per heavy atom. The van der Waals surface area contributed by atoms with Gasteiger partial charge in [0.1, 0.15) is 5.82 Å². The van der Waals surface area contributed by atoms with Crippen molar-refractivity contribution in [2.24, 2.45) is 0 Å². The van der Waals surface area contributed by atoms with Gasteiger partial charge in [-0.3, -0.25) is 9.78 Å². The number of hydrogen-bond donors (Lipinski definition) is 2. The maximum absolute atomic E-state index is 13.2. The first-order valence-electron chi connectivity index (χ1n) is 6.50. The van der Waals surface area contributed by atoms with Gasteiger partial charge in [-0.05, 0) is 38.5 Å². The number of nitrogens with one attached hydrogen (secondary N) is 1. The summed E-state index contributed by atoms with van der Waals surface area (Å²) in [5.41, 5.74) is 1.59. The molecule has 20 heavy (non-hydrogen) atoms. The van der Waals surface area contributed by atoms with E-state index in [0.29, 0.717) is 28.6 Å². The number of aliphatic hydroxyl groups excluding tert-OH is 1. The third-order valence-electron chi connectivity index (χ3n) is 3.08. The molecule has 0 saturated carbocycles. The number of nitrogens with zero attached hydrogens (tertiary/aromatic N) is 1. The number of rotatable bonds is 4. The number of amides is 1. The van der Waals surface area contributed by atoms with E-state index in [9.17, 15) is 9.18 Å². The Labute approximate surface area is 116 Å². The molecule has 4 nitrogen and oxygen atoms in total. The number of pyridine rings is 1. The maximum atomic E-state index is 13.2. The zero-order valence-electron chi connectivity index (χ0n) is 11.5. The van der Waals surface area contributed by atoms with Gasteiger partial charge in [0.25, 0.3) is 5.91 Å². The Morgan fingerprint density at radius 2 is 2.20 bits per heavy atom. The van der Waals surface area contributed by atoms with E-state index in [0.717, 1.165) is 0 Å². The molecule has 1 atom stereocenters. The van der Waals surface area contributed by atoms with E-state index in [1.807, 2.05) is 6.92 Å². The molecule has 2 aromatic rings. The van der Waals surface area contributed by atoms with E-state index in [1.54, 1.807) is 19.1 Å². The summed E-state index contributed by atoms with van der Waals surface area (Å²) in [4.78, 5) is 16.5. The fraction of sp³-hybridized carbons (Fsp3) is 0.333. The lowest BCUT2D eigenvalue weighted by atomic mass is 10.1. The average Bonchev–Trinajstić information content (AvgIpc) is 2.37. The minimum atomic E-state index is -0.379. The molecule has 0 radical (unpaired) electrons. The van der Waals surface area contributed by atoms with Crippen LogP contribution in [0.5, 0.6) is 0 Å². The third kappa shape index (κ3) is 3.11. The van der Waals surface area contributed by atoms with Crippen LogP contribution in [0, 0.1) is 12.7 Å². The lowest BCUT2D eigenvalue weighted by Gasteiger charge is -2.14. The van der Waals surface area contributed by atoms with Crippen molar-refractivity contribution in [1.29, 1.82) is 0 Å². The van der Waals surface area contributed by atoms with Gasteiger partial charge in [-0.2, -0.15) is 0 Å². The van der Waals surface area contributed by atoms with Gasteiger partial charge < -0.3 is 10.4 Å². The summed E-state index contributed by atoms with van der Waals surface area (Å²) in [6.07, 6.45) is 0.488. The van der Waals surface area contributed by atoms with E-state index >= 15 is 0 Å². The molecule has 2 N–H and O–H groups in total. The van der Waals surface area contributed by atoms with Crippen molar-refractivity contribution >= 4 is 16.8 Å². The largest absolute Gasteiger partial charge is 0.396 e. The summed E-state index contributed by atoms with van der Waals surface area (Å²) in [5, 5.41) is 12.3. The molecule has 2 rings (SSSR count). The van der Waals surface area contributed by atoms with Gasteiger partial charge in [0.15, 0.2) is 0 Å². The van der Waals surface area contributed by atoms with Crippen molar-refractivity contribution in [3.63, 3.8) is 0 Å². The molecule has 0 bridgehead atoms. The second-order valence-corrected chi connectivity index (χ2v) is 4.86. The summed E-state index contributed by atoms with van der Waals surface area (Å²) in [5.74, 6) is -0.622. The van der Waals surface area contributed by atoms with Gasteiger partial charge >= 0.3 is 0 Å². The Bertz CT molecular complexity index is 638. The molecule has 106 valence electrons. The Morgan fingerprint density at radius 3 is 2.90 bits per heavy atom. The molecular formula is C15H17FN2O2. The van der Waals surface area contributed by atoms with Crippen LogP contribution in [-0.4, -0.2) is 28.6 Å². The number of carbonyl (C=O) groups excluding carboxylic acids is 1. The van der Waals surface area contributed by atoms with Crippen LogP contribution in [0.1, 0.15) is 29.4 Å². The van der Waals surface area contributed by atoms with E-state index in [1.165, 1.54) is 12.1 Å². The maximum Gasteiger partial charge on any atom is 0.252 e. The topological polar surface area (TPSA) is 62.2 Å². The minimum Gasteiger partial charge on any atom is -0.396 e. The zero-order chi connectivity index (χ0) is 14.7. The fourth-order valence-electron chi connectivity index (χ4n) is 2.09. The first-order valence-corrected chi connectivity index (χ1v) is 6.50. The normalized spacial score (nSPS) is 12.4. The van der Waals surface area contributed by atoms with E-state index < -0.39 is 0 Å². The number of aryl methyl sites for hydroxylation is 1. The first-order chi connectivity index (χ1) is 9.51. The quantitative estimate of drug-likeness (QED) is 0.899. The number of carbonyl (C=O) groups is 1. The van der Waals surface area contributed by atoms with Gasteiger partial charge in [0.05, 0.1) is 11.1 Å². The molecule has 0 aliphatic heterocycles. The predicted octanol–water partition coefficient (Wildman–Crippen LogP) is 2.18. The summed E-state index contributed by atoms with van der Waals surface area (Å²) in [6, 6.07) is 5.74. The zero-order valence-corrected chi connectivity index (χ0v) is 11.5. The molecule has 1 aromatic carbocycles. The van der Waals surface area contributed by atoms with Crippen molar-refractivity contribution in [3.8, 4) is 0 Å². The second kappa shape index (κ2) is 5.96. The van der Waals surface area contributed by atoms with Crippen LogP contribution in [0.2, 0.25) is 0 Å². The number of aliphatic hydroxyl groups is 1. The molecule has 1 unspecified atom stereocenters. The summed E-state index contributed by atoms with van der Waals surface area (Å²) >= 11 is 0. The number of halogens is 1. The highest BCUT2D eigenvalue weighted by Crippen LogP contribution is 2.19. The molecule has 1 amide bonds. The Kier molecular flexibility index (Phi) is 4.29. The Balaban J connectivity index is 2.40. The lowest BCUT2D eigenvalue weighted by molar-refractivity contribution is 0.0936. The van der Waals surface area contributed by atoms with Gasteiger partial charge in [-0.25, -0.2) is 4.39 Å². The summed E-state index contributed by atoms with van der Waals surface area (Å²) in [6.45, 7) is 3.60. The van der Waals surface area contributed by atoms with Gasteiger partial charge in [0.2, 0.25) is 0 Å². The highest BCUT2D eigenvalue weighted by atomic mass is 19.1. The van der Waals surface area contributed by atoms with Crippen molar-refractivity contribution in [2.45, 2.75) is 26.3 Å². The highest BCUT2D eigenvalue weighted by molar-refractivity contribution is 6.06. The molecule has 0 spiro atoms. The van der Waals surface area contributed by atoms with Gasteiger partial charge in [-0.1, -0.05) is 0 Å². The van der Waals surface area contributed by atoms with Crippen molar-refractivity contribution in [1.82, 2.24) is 10.3 Å². The molecular weight excluding hydrogens is 259 g/mol. The van der Waals surface area contributed by atoms with Crippen LogP contribution in [0.4, 0.5) is 4.39 Å². The molecule has 0 fully saturated rings. The summed E-state index contributed by atoms with van der Waals surface area (Å²) in [7, 11) is 0. The molecule has 0 aliphatic carbocycles. The monoisotopic (exact) mass is 276 g/mol. The molecule has 5 heteroatoms. The predicted molar refractivity (Wildman–Crippen MR) is 75.1 cm³/mol. The van der Waals surface area contributed by atoms with Crippen LogP contribution < -0.4 is 5.32 Å². The van der Waals surface area contributed by atoms with Crippen LogP contribution in [-0.2, 0) is 0 Å². The van der Waals surface area contributed by atoms with Crippen molar-refractivity contribution in [2.75, 3.05) is 6.61 Å². The fourth-order valence-corrected chi connectivity index (χ4v) is 2.09. The smallest absolute Gasteiger partial charge is 0.252 e. The Hall–Kier alpha value is -2.01. The third-order valence-corrected chi connectivity index (χ3v) is 3.08. The molecule has 0 saturated heterocycles. The number of hydrogen-bond acceptors (Lipinski definition) is 3. The van der Waals surface area contributed by atoms with Crippen LogP contribution in [0.3, 0.4) is 0 Å². The molecule has 1 aromatic heterocycles. The van der Waals surface area contributed by atoms with Crippen LogP contribution in [0.15, 0.2) is 24.3 Å². The molecule has 0 aliphatic rings. The summed E-state index contributed by atoms with van der Waals surface area (Å²) < 4.78 is 13.2. The van der Waals surface area contributed by atoms with E-state index in [-0.39, 0.29) is 24.4 Å². The number of fused-ring (bicyclic) bond motifs is 1. The van der Waals surface area contributed by atoms with Crippen molar-refractivity contribution in [3.05, 3.63) is 41.3 Å². The van der Waals surface area contributed by atoms with Gasteiger partial charge in [0, 0.05) is 29.8 Å². The van der Waals surface area contributed by atoms with Crippen LogP contribution >= 0.6 is 0 Å². The number of aromatic nitrogens is 1. The number of benzene rings is 1. The van der Waals surface area contributed by atoms with E-state index in [2.05, 4.69) is 10.3 Å². The highest BCUT2D eigenvalue weighted by Gasteiger charge is 2.14. The lowest BCUT2D eigenvalue weighted by Crippen LogP contribution is -2.33. The standard InChI is InChI=1S/C15H17FN2O2/c1-9(5-6-19)18-15(20)13-7-10(2)17-14-8-11(16)3-4-12(13)14/h3-4,7-9,19H,5-6H2,1-2H3,(H,18,20). The van der Waals surface area contributed by atoms with Crippen molar-refractivity contribution < 1.29 is 14.3 Å². The average molecular weight is 276 g/mol. The first kappa shape index (κ1) is 14.4. The minimum absolute atomic E-state index is 0.0166. The second-order valence-electron chi connectivity index (χ2n) is 4.86.